The van der Waals surface area contributed by atoms with E-state index in [1.807, 2.05) is 38.1 Å². The molecule has 0 saturated carbocycles. The molecule has 1 saturated heterocycles. The zero-order chi connectivity index (χ0) is 14.2. The standard InChI is InChI=1S/C13H21N3O2S/c1-10-8-15(13-6-4-12(14)5-7-13)9-11(2)16(10)19(3,17)18/h4-7,10-11H,8-9,14H2,1-3H3. The van der Waals surface area contributed by atoms with Gasteiger partial charge in [0.1, 0.15) is 0 Å². The number of benzene rings is 1. The summed E-state index contributed by atoms with van der Waals surface area (Å²) in [5.74, 6) is 0. The van der Waals surface area contributed by atoms with E-state index in [1.54, 1.807) is 4.31 Å². The highest BCUT2D eigenvalue weighted by atomic mass is 32.2. The van der Waals surface area contributed by atoms with Crippen molar-refractivity contribution in [3.05, 3.63) is 24.3 Å². The van der Waals surface area contributed by atoms with Crippen molar-refractivity contribution in [2.75, 3.05) is 30.0 Å². The molecule has 0 bridgehead atoms. The van der Waals surface area contributed by atoms with Crippen LogP contribution >= 0.6 is 0 Å². The Morgan fingerprint density at radius 1 is 1.11 bits per heavy atom. The average Bonchev–Trinajstić information content (AvgIpc) is 2.26. The van der Waals surface area contributed by atoms with Crippen LogP contribution in [-0.2, 0) is 10.0 Å². The van der Waals surface area contributed by atoms with Gasteiger partial charge in [-0.1, -0.05) is 0 Å². The predicted molar refractivity (Wildman–Crippen MR) is 78.7 cm³/mol. The van der Waals surface area contributed by atoms with Gasteiger partial charge in [0.05, 0.1) is 6.26 Å². The van der Waals surface area contributed by atoms with Gasteiger partial charge in [-0.25, -0.2) is 8.42 Å². The lowest BCUT2D eigenvalue weighted by molar-refractivity contribution is 0.243. The molecule has 1 aliphatic rings. The smallest absolute Gasteiger partial charge is 0.211 e. The van der Waals surface area contributed by atoms with Crippen molar-refractivity contribution >= 4 is 21.4 Å². The first-order valence-corrected chi connectivity index (χ1v) is 8.23. The number of nitrogens with zero attached hydrogens (tertiary/aromatic N) is 2. The summed E-state index contributed by atoms with van der Waals surface area (Å²) in [6.45, 7) is 5.28. The molecule has 106 valence electrons. The molecule has 6 heteroatoms. The zero-order valence-electron chi connectivity index (χ0n) is 11.6. The summed E-state index contributed by atoms with van der Waals surface area (Å²) in [7, 11) is -3.15. The summed E-state index contributed by atoms with van der Waals surface area (Å²) in [4.78, 5) is 2.20. The van der Waals surface area contributed by atoms with Gasteiger partial charge < -0.3 is 10.6 Å². The summed E-state index contributed by atoms with van der Waals surface area (Å²) in [6.07, 6.45) is 1.28. The van der Waals surface area contributed by atoms with Crippen LogP contribution in [-0.4, -0.2) is 44.2 Å². The van der Waals surface area contributed by atoms with Crippen molar-refractivity contribution in [3.8, 4) is 0 Å². The molecule has 2 rings (SSSR count). The molecular formula is C13H21N3O2S. The highest BCUT2D eigenvalue weighted by molar-refractivity contribution is 7.88. The van der Waals surface area contributed by atoms with Gasteiger partial charge in [-0.2, -0.15) is 4.31 Å². The molecule has 5 nitrogen and oxygen atoms in total. The van der Waals surface area contributed by atoms with Crippen molar-refractivity contribution in [3.63, 3.8) is 0 Å². The number of sulfonamides is 1. The lowest BCUT2D eigenvalue weighted by Crippen LogP contribution is -2.58. The fraction of sp³-hybridized carbons (Fsp3) is 0.538. The highest BCUT2D eigenvalue weighted by Crippen LogP contribution is 2.24. The van der Waals surface area contributed by atoms with Gasteiger partial charge in [-0.3, -0.25) is 0 Å². The minimum atomic E-state index is -3.15. The minimum absolute atomic E-state index is 0.0312. The third-order valence-corrected chi connectivity index (χ3v) is 4.96. The second kappa shape index (κ2) is 5.02. The van der Waals surface area contributed by atoms with E-state index < -0.39 is 10.0 Å². The Kier molecular flexibility index (Phi) is 3.73. The second-order valence-corrected chi connectivity index (χ2v) is 7.18. The molecule has 0 spiro atoms. The number of nitrogens with two attached hydrogens (primary N) is 1. The van der Waals surface area contributed by atoms with Gasteiger partial charge in [0, 0.05) is 36.5 Å². The van der Waals surface area contributed by atoms with Gasteiger partial charge >= 0.3 is 0 Å². The number of hydrogen-bond acceptors (Lipinski definition) is 4. The number of rotatable bonds is 2. The van der Waals surface area contributed by atoms with Gasteiger partial charge in [-0.05, 0) is 38.1 Å². The number of hydrogen-bond donors (Lipinski definition) is 1. The van der Waals surface area contributed by atoms with Crippen LogP contribution in [0.15, 0.2) is 24.3 Å². The van der Waals surface area contributed by atoms with Crippen molar-refractivity contribution in [1.82, 2.24) is 4.31 Å². The first-order chi connectivity index (χ1) is 8.79. The molecular weight excluding hydrogens is 262 g/mol. The van der Waals surface area contributed by atoms with E-state index in [9.17, 15) is 8.42 Å². The van der Waals surface area contributed by atoms with Crippen LogP contribution in [0.2, 0.25) is 0 Å². The van der Waals surface area contributed by atoms with Crippen LogP contribution in [0, 0.1) is 0 Å². The highest BCUT2D eigenvalue weighted by Gasteiger charge is 2.35. The van der Waals surface area contributed by atoms with Crippen molar-refractivity contribution in [1.29, 1.82) is 0 Å². The lowest BCUT2D eigenvalue weighted by atomic mass is 10.1. The molecule has 2 N–H and O–H groups in total. The molecule has 1 aromatic carbocycles. The molecule has 0 aromatic heterocycles. The van der Waals surface area contributed by atoms with Gasteiger partial charge in [0.2, 0.25) is 10.0 Å². The van der Waals surface area contributed by atoms with E-state index in [4.69, 9.17) is 5.73 Å². The van der Waals surface area contributed by atoms with Gasteiger partial charge in [0.25, 0.3) is 0 Å². The fourth-order valence-electron chi connectivity index (χ4n) is 2.86. The van der Waals surface area contributed by atoms with E-state index in [0.717, 1.165) is 11.4 Å². The second-order valence-electron chi connectivity index (χ2n) is 5.29. The van der Waals surface area contributed by atoms with E-state index in [-0.39, 0.29) is 12.1 Å². The first-order valence-electron chi connectivity index (χ1n) is 6.38. The average molecular weight is 283 g/mol. The number of nitrogen functional groups attached to an aromatic ring is 1. The Labute approximate surface area is 115 Å². The molecule has 1 aliphatic heterocycles. The lowest BCUT2D eigenvalue weighted by Gasteiger charge is -2.43. The Balaban J connectivity index is 2.20. The summed E-state index contributed by atoms with van der Waals surface area (Å²) in [5.41, 5.74) is 7.50. The van der Waals surface area contributed by atoms with Gasteiger partial charge in [-0.15, -0.1) is 0 Å². The SMILES string of the molecule is CC1CN(c2ccc(N)cc2)CC(C)N1S(C)(=O)=O. The summed E-state index contributed by atoms with van der Waals surface area (Å²) in [5, 5.41) is 0. The number of anilines is 2. The largest absolute Gasteiger partial charge is 0.399 e. The molecule has 0 radical (unpaired) electrons. The Bertz CT molecular complexity index is 530. The normalized spacial score (nSPS) is 25.5. The molecule has 2 unspecified atom stereocenters. The summed E-state index contributed by atoms with van der Waals surface area (Å²) in [6, 6.07) is 7.63. The first kappa shape index (κ1) is 14.1. The molecule has 1 fully saturated rings. The maximum atomic E-state index is 11.8. The molecule has 2 atom stereocenters. The molecule has 1 aromatic rings. The van der Waals surface area contributed by atoms with E-state index in [1.165, 1.54) is 6.26 Å². The maximum Gasteiger partial charge on any atom is 0.211 e. The fourth-order valence-corrected chi connectivity index (χ4v) is 4.30. The van der Waals surface area contributed by atoms with E-state index in [2.05, 4.69) is 4.90 Å². The topological polar surface area (TPSA) is 66.6 Å². The van der Waals surface area contributed by atoms with E-state index in [0.29, 0.717) is 13.1 Å². The van der Waals surface area contributed by atoms with Crippen molar-refractivity contribution in [2.45, 2.75) is 25.9 Å². The Morgan fingerprint density at radius 3 is 2.00 bits per heavy atom. The van der Waals surface area contributed by atoms with Gasteiger partial charge in [0.15, 0.2) is 0 Å². The monoisotopic (exact) mass is 283 g/mol. The van der Waals surface area contributed by atoms with Crippen LogP contribution in [0.3, 0.4) is 0 Å². The Hall–Kier alpha value is -1.27. The molecule has 0 aliphatic carbocycles. The third-order valence-electron chi connectivity index (χ3n) is 3.48. The van der Waals surface area contributed by atoms with Crippen LogP contribution in [0.25, 0.3) is 0 Å². The third kappa shape index (κ3) is 3.01. The minimum Gasteiger partial charge on any atom is -0.399 e. The molecule has 1 heterocycles. The van der Waals surface area contributed by atoms with Crippen LogP contribution < -0.4 is 10.6 Å². The van der Waals surface area contributed by atoms with Crippen LogP contribution in [0.1, 0.15) is 13.8 Å². The quantitative estimate of drug-likeness (QED) is 0.826. The van der Waals surface area contributed by atoms with Crippen LogP contribution in [0.5, 0.6) is 0 Å². The maximum absolute atomic E-state index is 11.8. The Morgan fingerprint density at radius 2 is 1.58 bits per heavy atom. The molecule has 19 heavy (non-hydrogen) atoms. The van der Waals surface area contributed by atoms with Crippen molar-refractivity contribution in [2.24, 2.45) is 0 Å². The number of piperazine rings is 1. The zero-order valence-corrected chi connectivity index (χ0v) is 12.4. The van der Waals surface area contributed by atoms with Crippen LogP contribution in [0.4, 0.5) is 11.4 Å². The van der Waals surface area contributed by atoms with Crippen molar-refractivity contribution < 1.29 is 8.42 Å². The predicted octanol–water partition coefficient (Wildman–Crippen LogP) is 1.13. The summed E-state index contributed by atoms with van der Waals surface area (Å²) >= 11 is 0. The van der Waals surface area contributed by atoms with E-state index >= 15 is 0 Å². The summed E-state index contributed by atoms with van der Waals surface area (Å²) < 4.78 is 25.2. The molecule has 0 amide bonds.